The average molecular weight is 493 g/mol. The van der Waals surface area contributed by atoms with Crippen LogP contribution in [0, 0.1) is 0 Å². The minimum Gasteiger partial charge on any atom is -0.486 e. The molecule has 0 fully saturated rings. The highest BCUT2D eigenvalue weighted by Crippen LogP contribution is 2.33. The molecule has 0 spiro atoms. The Kier molecular flexibility index (Phi) is 6.28. The monoisotopic (exact) mass is 492 g/mol. The Bertz CT molecular complexity index is 1360. The SMILES string of the molecule is CN(C)c1nc2cc(C(=O)OCC(=O)NC[C@@H]3COc4ccccc4O3)sc2n1-c1ccccc1. The Hall–Kier alpha value is -4.05. The Balaban J connectivity index is 1.20. The summed E-state index contributed by atoms with van der Waals surface area (Å²) in [5, 5.41) is 2.72. The maximum Gasteiger partial charge on any atom is 0.348 e. The highest BCUT2D eigenvalue weighted by atomic mass is 32.1. The molecule has 0 aliphatic carbocycles. The standard InChI is InChI=1S/C25H24N4O5S/c1-28(2)25-27-18-12-21(35-23(18)29(25)16-8-4-3-5-9-16)24(31)33-15-22(30)26-13-17-14-32-19-10-6-7-11-20(19)34-17/h3-12,17H,13-15H2,1-2H3,(H,26,30)/t17-/m1/s1. The van der Waals surface area contributed by atoms with E-state index < -0.39 is 11.9 Å². The molecule has 2 aromatic carbocycles. The molecular weight excluding hydrogens is 468 g/mol. The van der Waals surface area contributed by atoms with Crippen LogP contribution in [0.3, 0.4) is 0 Å². The highest BCUT2D eigenvalue weighted by molar-refractivity contribution is 7.20. The van der Waals surface area contributed by atoms with E-state index in [4.69, 9.17) is 14.2 Å². The van der Waals surface area contributed by atoms with Gasteiger partial charge in [0.2, 0.25) is 5.95 Å². The Morgan fingerprint density at radius 2 is 1.89 bits per heavy atom. The van der Waals surface area contributed by atoms with Crippen LogP contribution in [0.5, 0.6) is 11.5 Å². The van der Waals surface area contributed by atoms with Gasteiger partial charge in [-0.05, 0) is 30.3 Å². The first-order valence-electron chi connectivity index (χ1n) is 11.1. The van der Waals surface area contributed by atoms with Crippen LogP contribution in [0.25, 0.3) is 16.0 Å². The van der Waals surface area contributed by atoms with Gasteiger partial charge in [0.15, 0.2) is 18.1 Å². The Labute approximate surface area is 205 Å². The average Bonchev–Trinajstić information content (AvgIpc) is 3.45. The van der Waals surface area contributed by atoms with E-state index in [-0.39, 0.29) is 19.3 Å². The highest BCUT2D eigenvalue weighted by Gasteiger charge is 2.23. The molecule has 1 amide bonds. The van der Waals surface area contributed by atoms with E-state index in [2.05, 4.69) is 10.3 Å². The summed E-state index contributed by atoms with van der Waals surface area (Å²) in [5.74, 6) is 1.09. The van der Waals surface area contributed by atoms with Crippen molar-refractivity contribution < 1.29 is 23.8 Å². The number of para-hydroxylation sites is 3. The molecule has 10 heteroatoms. The molecule has 180 valence electrons. The predicted octanol–water partition coefficient (Wildman–Crippen LogP) is 3.27. The fourth-order valence-corrected chi connectivity index (χ4v) is 4.72. The minimum atomic E-state index is -0.569. The largest absolute Gasteiger partial charge is 0.486 e. The van der Waals surface area contributed by atoms with Gasteiger partial charge in [0.1, 0.15) is 27.9 Å². The zero-order valence-electron chi connectivity index (χ0n) is 19.3. The van der Waals surface area contributed by atoms with Crippen molar-refractivity contribution in [2.75, 3.05) is 38.8 Å². The number of benzene rings is 2. The quantitative estimate of drug-likeness (QED) is 0.396. The third kappa shape index (κ3) is 4.78. The predicted molar refractivity (Wildman–Crippen MR) is 133 cm³/mol. The molecule has 1 aliphatic heterocycles. The first-order chi connectivity index (χ1) is 17.0. The van der Waals surface area contributed by atoms with E-state index in [1.165, 1.54) is 11.3 Å². The molecule has 0 radical (unpaired) electrons. The summed E-state index contributed by atoms with van der Waals surface area (Å²) in [4.78, 5) is 32.7. The lowest BCUT2D eigenvalue weighted by Gasteiger charge is -2.26. The first kappa shape index (κ1) is 22.7. The van der Waals surface area contributed by atoms with Crippen molar-refractivity contribution in [3.05, 3.63) is 65.5 Å². The summed E-state index contributed by atoms with van der Waals surface area (Å²) in [6.07, 6.45) is -0.322. The van der Waals surface area contributed by atoms with E-state index in [1.54, 1.807) is 6.07 Å². The number of esters is 1. The van der Waals surface area contributed by atoms with E-state index in [9.17, 15) is 9.59 Å². The maximum atomic E-state index is 12.6. The number of fused-ring (bicyclic) bond motifs is 2. The van der Waals surface area contributed by atoms with Crippen molar-refractivity contribution in [3.8, 4) is 17.2 Å². The van der Waals surface area contributed by atoms with Gasteiger partial charge in [-0.1, -0.05) is 30.3 Å². The van der Waals surface area contributed by atoms with Crippen molar-refractivity contribution in [3.63, 3.8) is 0 Å². The molecule has 0 bridgehead atoms. The maximum absolute atomic E-state index is 12.6. The van der Waals surface area contributed by atoms with E-state index in [0.717, 1.165) is 16.5 Å². The smallest absolute Gasteiger partial charge is 0.348 e. The van der Waals surface area contributed by atoms with Gasteiger partial charge in [0, 0.05) is 19.8 Å². The number of imidazole rings is 1. The van der Waals surface area contributed by atoms with Gasteiger partial charge in [-0.15, -0.1) is 11.3 Å². The van der Waals surface area contributed by atoms with Crippen molar-refractivity contribution in [2.45, 2.75) is 6.10 Å². The van der Waals surface area contributed by atoms with Crippen LogP contribution in [0.4, 0.5) is 5.95 Å². The van der Waals surface area contributed by atoms with Crippen molar-refractivity contribution in [1.29, 1.82) is 0 Å². The summed E-state index contributed by atoms with van der Waals surface area (Å²) in [6, 6.07) is 18.9. The number of nitrogens with one attached hydrogen (secondary N) is 1. The van der Waals surface area contributed by atoms with Crippen LogP contribution in [0.1, 0.15) is 9.67 Å². The summed E-state index contributed by atoms with van der Waals surface area (Å²) in [6.45, 7) is 0.178. The minimum absolute atomic E-state index is 0.242. The molecule has 2 aromatic heterocycles. The van der Waals surface area contributed by atoms with Gasteiger partial charge in [-0.3, -0.25) is 9.36 Å². The van der Waals surface area contributed by atoms with Crippen LogP contribution in [-0.2, 0) is 9.53 Å². The van der Waals surface area contributed by atoms with Crippen LogP contribution >= 0.6 is 11.3 Å². The van der Waals surface area contributed by atoms with Gasteiger partial charge < -0.3 is 24.4 Å². The number of nitrogens with zero attached hydrogens (tertiary/aromatic N) is 3. The lowest BCUT2D eigenvalue weighted by molar-refractivity contribution is -0.124. The van der Waals surface area contributed by atoms with E-state index in [1.807, 2.05) is 78.2 Å². The second-order valence-electron chi connectivity index (χ2n) is 8.16. The molecule has 5 rings (SSSR count). The third-order valence-electron chi connectivity index (χ3n) is 5.36. The summed E-state index contributed by atoms with van der Waals surface area (Å²) in [5.41, 5.74) is 1.63. The van der Waals surface area contributed by atoms with Crippen molar-refractivity contribution in [1.82, 2.24) is 14.9 Å². The van der Waals surface area contributed by atoms with Crippen molar-refractivity contribution in [2.24, 2.45) is 0 Å². The lowest BCUT2D eigenvalue weighted by Crippen LogP contribution is -2.42. The fraction of sp³-hybridized carbons (Fsp3) is 0.240. The number of carbonyl (C=O) groups is 2. The molecule has 9 nitrogen and oxygen atoms in total. The van der Waals surface area contributed by atoms with E-state index >= 15 is 0 Å². The summed E-state index contributed by atoms with van der Waals surface area (Å²) >= 11 is 1.28. The Morgan fingerprint density at radius 3 is 2.66 bits per heavy atom. The molecule has 1 aliphatic rings. The number of carbonyl (C=O) groups excluding carboxylic acids is 2. The number of hydrogen-bond acceptors (Lipinski definition) is 8. The van der Waals surface area contributed by atoms with Crippen LogP contribution < -0.4 is 19.7 Å². The van der Waals surface area contributed by atoms with Crippen LogP contribution in [-0.4, -0.2) is 61.4 Å². The number of thiophene rings is 1. The molecular formula is C25H24N4O5S. The molecule has 0 saturated heterocycles. The van der Waals surface area contributed by atoms with Gasteiger partial charge in [0.25, 0.3) is 5.91 Å². The normalized spacial score (nSPS) is 14.5. The number of anilines is 1. The number of aromatic nitrogens is 2. The number of rotatable bonds is 7. The summed E-state index contributed by atoms with van der Waals surface area (Å²) in [7, 11) is 3.84. The molecule has 1 N–H and O–H groups in total. The summed E-state index contributed by atoms with van der Waals surface area (Å²) < 4.78 is 18.7. The van der Waals surface area contributed by atoms with Gasteiger partial charge in [-0.2, -0.15) is 0 Å². The zero-order chi connectivity index (χ0) is 24.4. The molecule has 1 atom stereocenters. The molecule has 3 heterocycles. The molecule has 4 aromatic rings. The number of ether oxygens (including phenoxy) is 3. The lowest BCUT2D eigenvalue weighted by atomic mass is 10.2. The van der Waals surface area contributed by atoms with Crippen LogP contribution in [0.15, 0.2) is 60.7 Å². The molecule has 0 unspecified atom stereocenters. The first-order valence-corrected chi connectivity index (χ1v) is 11.9. The van der Waals surface area contributed by atoms with Gasteiger partial charge in [-0.25, -0.2) is 9.78 Å². The third-order valence-corrected chi connectivity index (χ3v) is 6.45. The zero-order valence-corrected chi connectivity index (χ0v) is 20.1. The molecule has 0 saturated carbocycles. The Morgan fingerprint density at radius 1 is 1.14 bits per heavy atom. The van der Waals surface area contributed by atoms with Crippen molar-refractivity contribution >= 4 is 39.5 Å². The topological polar surface area (TPSA) is 94.9 Å². The van der Waals surface area contributed by atoms with Crippen LogP contribution in [0.2, 0.25) is 0 Å². The van der Waals surface area contributed by atoms with E-state index in [0.29, 0.717) is 28.5 Å². The van der Waals surface area contributed by atoms with Gasteiger partial charge in [0.05, 0.1) is 6.54 Å². The number of amides is 1. The van der Waals surface area contributed by atoms with Gasteiger partial charge >= 0.3 is 5.97 Å². The number of hydrogen-bond donors (Lipinski definition) is 1. The second kappa shape index (κ2) is 9.67. The fourth-order valence-electron chi connectivity index (χ4n) is 3.72. The molecule has 35 heavy (non-hydrogen) atoms. The second-order valence-corrected chi connectivity index (χ2v) is 9.19.